The van der Waals surface area contributed by atoms with Crippen LogP contribution in [0.15, 0.2) is 24.4 Å². The summed E-state index contributed by atoms with van der Waals surface area (Å²) in [6.45, 7) is 1.85. The van der Waals surface area contributed by atoms with Crippen LogP contribution in [0, 0.1) is 12.7 Å². The Morgan fingerprint density at radius 1 is 1.44 bits per heavy atom. The molecule has 1 heterocycles. The summed E-state index contributed by atoms with van der Waals surface area (Å²) in [5, 5.41) is 8.91. The molecule has 2 rings (SSSR count). The molecule has 0 bridgehead atoms. The number of benzene rings is 1. The molecule has 1 aromatic heterocycles. The minimum Gasteiger partial charge on any atom is -0.220 e. The smallest absolute Gasteiger partial charge is 0.123 e. The second-order valence-corrected chi connectivity index (χ2v) is 4.32. The van der Waals surface area contributed by atoms with Gasteiger partial charge in [0, 0.05) is 11.8 Å². The van der Waals surface area contributed by atoms with Gasteiger partial charge in [0.05, 0.1) is 17.6 Å². The highest BCUT2D eigenvalue weighted by Gasteiger charge is 2.05. The summed E-state index contributed by atoms with van der Waals surface area (Å²) < 4.78 is 14.6. The second-order valence-electron chi connectivity index (χ2n) is 3.52. The van der Waals surface area contributed by atoms with E-state index in [4.69, 9.17) is 0 Å². The van der Waals surface area contributed by atoms with Gasteiger partial charge in [0.15, 0.2) is 0 Å². The van der Waals surface area contributed by atoms with Gasteiger partial charge in [-0.25, -0.2) is 9.07 Å². The van der Waals surface area contributed by atoms with E-state index in [1.807, 2.05) is 13.1 Å². The molecule has 0 unspecified atom stereocenters. The molecular formula is C11H11BrFN3. The van der Waals surface area contributed by atoms with Crippen LogP contribution in [0.3, 0.4) is 0 Å². The summed E-state index contributed by atoms with van der Waals surface area (Å²) in [6.07, 6.45) is 2.70. The number of rotatable bonds is 3. The van der Waals surface area contributed by atoms with Crippen LogP contribution < -0.4 is 0 Å². The Bertz CT molecular complexity index is 496. The molecule has 0 saturated heterocycles. The lowest BCUT2D eigenvalue weighted by Gasteiger charge is -2.03. The van der Waals surface area contributed by atoms with Crippen molar-refractivity contribution in [1.29, 1.82) is 0 Å². The fourth-order valence-electron chi connectivity index (χ4n) is 1.50. The van der Waals surface area contributed by atoms with E-state index < -0.39 is 0 Å². The molecule has 84 valence electrons. The second kappa shape index (κ2) is 4.74. The molecule has 1 aromatic carbocycles. The summed E-state index contributed by atoms with van der Waals surface area (Å²) in [4.78, 5) is 0. The zero-order chi connectivity index (χ0) is 11.5. The van der Waals surface area contributed by atoms with Crippen molar-refractivity contribution in [3.05, 3.63) is 41.5 Å². The van der Waals surface area contributed by atoms with Crippen molar-refractivity contribution >= 4 is 15.9 Å². The van der Waals surface area contributed by atoms with Gasteiger partial charge >= 0.3 is 0 Å². The van der Waals surface area contributed by atoms with E-state index in [0.29, 0.717) is 0 Å². The Labute approximate surface area is 101 Å². The highest BCUT2D eigenvalue weighted by atomic mass is 79.9. The summed E-state index contributed by atoms with van der Waals surface area (Å²) >= 11 is 3.35. The van der Waals surface area contributed by atoms with Crippen LogP contribution in [-0.4, -0.2) is 20.3 Å². The molecule has 3 nitrogen and oxygen atoms in total. The average molecular weight is 284 g/mol. The number of aryl methyl sites for hydroxylation is 2. The third-order valence-corrected chi connectivity index (χ3v) is 2.69. The van der Waals surface area contributed by atoms with Crippen molar-refractivity contribution in [2.24, 2.45) is 0 Å². The van der Waals surface area contributed by atoms with Gasteiger partial charge in [0.25, 0.3) is 0 Å². The van der Waals surface area contributed by atoms with E-state index >= 15 is 0 Å². The fraction of sp³-hybridized carbons (Fsp3) is 0.273. The first-order chi connectivity index (χ1) is 7.70. The van der Waals surface area contributed by atoms with Gasteiger partial charge in [0.2, 0.25) is 0 Å². The minimum atomic E-state index is -0.234. The molecule has 0 spiro atoms. The molecule has 0 aliphatic rings. The number of nitrogens with zero attached hydrogens (tertiary/aromatic N) is 3. The van der Waals surface area contributed by atoms with Crippen LogP contribution in [-0.2, 0) is 6.42 Å². The Morgan fingerprint density at radius 3 is 2.94 bits per heavy atom. The zero-order valence-corrected chi connectivity index (χ0v) is 10.4. The first-order valence-corrected chi connectivity index (χ1v) is 6.06. The number of hydrogen-bond acceptors (Lipinski definition) is 2. The quantitative estimate of drug-likeness (QED) is 0.811. The molecule has 0 amide bonds. The van der Waals surface area contributed by atoms with Crippen molar-refractivity contribution in [3.8, 4) is 5.69 Å². The van der Waals surface area contributed by atoms with Crippen molar-refractivity contribution < 1.29 is 4.39 Å². The van der Waals surface area contributed by atoms with E-state index in [9.17, 15) is 4.39 Å². The maximum absolute atomic E-state index is 12.9. The monoisotopic (exact) mass is 283 g/mol. The molecule has 0 saturated carbocycles. The molecule has 0 N–H and O–H groups in total. The van der Waals surface area contributed by atoms with E-state index in [1.54, 1.807) is 10.7 Å². The molecule has 2 aromatic rings. The van der Waals surface area contributed by atoms with Crippen molar-refractivity contribution in [2.45, 2.75) is 13.3 Å². The van der Waals surface area contributed by atoms with Crippen molar-refractivity contribution in [1.82, 2.24) is 15.0 Å². The van der Waals surface area contributed by atoms with Gasteiger partial charge in [-0.3, -0.25) is 0 Å². The third kappa shape index (κ3) is 2.29. The van der Waals surface area contributed by atoms with Gasteiger partial charge in [0.1, 0.15) is 5.82 Å². The maximum atomic E-state index is 12.9. The highest BCUT2D eigenvalue weighted by Crippen LogP contribution is 2.14. The lowest BCUT2D eigenvalue weighted by Crippen LogP contribution is -1.98. The van der Waals surface area contributed by atoms with E-state index in [1.165, 1.54) is 12.1 Å². The third-order valence-electron chi connectivity index (χ3n) is 2.30. The van der Waals surface area contributed by atoms with Crippen LogP contribution in [0.2, 0.25) is 0 Å². The number of aromatic nitrogens is 3. The van der Waals surface area contributed by atoms with E-state index in [-0.39, 0.29) is 5.82 Å². The topological polar surface area (TPSA) is 30.7 Å². The Balaban J connectivity index is 2.35. The van der Waals surface area contributed by atoms with Gasteiger partial charge < -0.3 is 0 Å². The molecule has 0 radical (unpaired) electrons. The van der Waals surface area contributed by atoms with Crippen LogP contribution in [0.25, 0.3) is 5.69 Å². The SMILES string of the molecule is Cc1cc(F)ccc1-n1cc(CCBr)nn1. The molecule has 0 aliphatic carbocycles. The van der Waals surface area contributed by atoms with Gasteiger partial charge in [-0.15, -0.1) is 5.10 Å². The van der Waals surface area contributed by atoms with Gasteiger partial charge in [-0.2, -0.15) is 0 Å². The van der Waals surface area contributed by atoms with Crippen molar-refractivity contribution in [3.63, 3.8) is 0 Å². The Hall–Kier alpha value is -1.23. The Kier molecular flexibility index (Phi) is 3.33. The molecule has 0 aliphatic heterocycles. The first kappa shape index (κ1) is 11.3. The standard InChI is InChI=1S/C11H11BrFN3/c1-8-6-9(13)2-3-11(8)16-7-10(4-5-12)14-15-16/h2-3,6-7H,4-5H2,1H3. The molecular weight excluding hydrogens is 273 g/mol. The fourth-order valence-corrected chi connectivity index (χ4v) is 1.91. The van der Waals surface area contributed by atoms with Gasteiger partial charge in [-0.05, 0) is 30.7 Å². The summed E-state index contributed by atoms with van der Waals surface area (Å²) in [5.74, 6) is -0.234. The normalized spacial score (nSPS) is 10.7. The van der Waals surface area contributed by atoms with Crippen molar-refractivity contribution in [2.75, 3.05) is 5.33 Å². The minimum absolute atomic E-state index is 0.234. The van der Waals surface area contributed by atoms with E-state index in [0.717, 1.165) is 28.7 Å². The predicted octanol–water partition coefficient (Wildman–Crippen LogP) is 2.65. The molecule has 16 heavy (non-hydrogen) atoms. The van der Waals surface area contributed by atoms with Gasteiger partial charge in [-0.1, -0.05) is 21.1 Å². The highest BCUT2D eigenvalue weighted by molar-refractivity contribution is 9.09. The van der Waals surface area contributed by atoms with E-state index in [2.05, 4.69) is 26.2 Å². The maximum Gasteiger partial charge on any atom is 0.123 e. The lowest BCUT2D eigenvalue weighted by molar-refractivity contribution is 0.625. The largest absolute Gasteiger partial charge is 0.220 e. The van der Waals surface area contributed by atoms with Crippen LogP contribution in [0.1, 0.15) is 11.3 Å². The summed E-state index contributed by atoms with van der Waals surface area (Å²) in [7, 11) is 0. The summed E-state index contributed by atoms with van der Waals surface area (Å²) in [5.41, 5.74) is 2.62. The number of halogens is 2. The zero-order valence-electron chi connectivity index (χ0n) is 8.82. The molecule has 0 atom stereocenters. The lowest BCUT2D eigenvalue weighted by atomic mass is 10.2. The van der Waals surface area contributed by atoms with Crippen LogP contribution >= 0.6 is 15.9 Å². The summed E-state index contributed by atoms with van der Waals surface area (Å²) in [6, 6.07) is 4.62. The molecule has 5 heteroatoms. The number of alkyl halides is 1. The van der Waals surface area contributed by atoms with Crippen LogP contribution in [0.5, 0.6) is 0 Å². The van der Waals surface area contributed by atoms with Crippen LogP contribution in [0.4, 0.5) is 4.39 Å². The first-order valence-electron chi connectivity index (χ1n) is 4.94. The predicted molar refractivity (Wildman–Crippen MR) is 63.6 cm³/mol. The number of hydrogen-bond donors (Lipinski definition) is 0. The molecule has 0 fully saturated rings. The average Bonchev–Trinajstić information content (AvgIpc) is 2.67. The Morgan fingerprint density at radius 2 is 2.25 bits per heavy atom.